The minimum Gasteiger partial charge on any atom is -0.491 e. The van der Waals surface area contributed by atoms with Crippen molar-refractivity contribution in [2.75, 3.05) is 12.0 Å². The van der Waals surface area contributed by atoms with Gasteiger partial charge in [0.1, 0.15) is 5.75 Å². The van der Waals surface area contributed by atoms with Gasteiger partial charge in [-0.05, 0) is 11.6 Å². The maximum atomic E-state index is 10.4. The van der Waals surface area contributed by atoms with Crippen molar-refractivity contribution in [3.63, 3.8) is 0 Å². The van der Waals surface area contributed by atoms with Crippen LogP contribution in [0.25, 0.3) is 0 Å². The molecular formula is C8H10N2O4S. The lowest BCUT2D eigenvalue weighted by Crippen LogP contribution is -2.28. The van der Waals surface area contributed by atoms with Gasteiger partial charge in [0.05, 0.1) is 12.3 Å². The first-order valence-electron chi connectivity index (χ1n) is 4.31. The Hall–Kier alpha value is -1.31. The first-order valence-corrected chi connectivity index (χ1v) is 5.75. The number of fused-ring (bicyclic) bond motifs is 1. The second kappa shape index (κ2) is 3.69. The van der Waals surface area contributed by atoms with Crippen LogP contribution in [0.15, 0.2) is 18.2 Å². The third-order valence-corrected chi connectivity index (χ3v) is 2.39. The van der Waals surface area contributed by atoms with Crippen LogP contribution >= 0.6 is 0 Å². The van der Waals surface area contributed by atoms with Gasteiger partial charge in [-0.1, -0.05) is 12.1 Å². The zero-order valence-electron chi connectivity index (χ0n) is 7.73. The molecule has 7 heteroatoms. The van der Waals surface area contributed by atoms with E-state index in [4.69, 9.17) is 9.29 Å². The van der Waals surface area contributed by atoms with E-state index >= 15 is 0 Å². The largest absolute Gasteiger partial charge is 0.491 e. The number of hydrogen-bond acceptors (Lipinski definition) is 4. The average molecular weight is 230 g/mol. The highest BCUT2D eigenvalue weighted by molar-refractivity contribution is 7.83. The van der Waals surface area contributed by atoms with E-state index in [-0.39, 0.29) is 0 Å². The third kappa shape index (κ3) is 2.38. The van der Waals surface area contributed by atoms with E-state index in [2.05, 4.69) is 5.43 Å². The zero-order valence-corrected chi connectivity index (χ0v) is 8.54. The van der Waals surface area contributed by atoms with E-state index in [9.17, 15) is 8.42 Å². The summed E-state index contributed by atoms with van der Waals surface area (Å²) in [6, 6.07) is 5.34. The molecule has 0 radical (unpaired) electrons. The van der Waals surface area contributed by atoms with Gasteiger partial charge >= 0.3 is 10.3 Å². The Morgan fingerprint density at radius 1 is 1.40 bits per heavy atom. The summed E-state index contributed by atoms with van der Waals surface area (Å²) in [6.45, 7) is 0.583. The van der Waals surface area contributed by atoms with E-state index in [1.54, 1.807) is 17.0 Å². The normalized spacial score (nSPS) is 14.5. The standard InChI is InChI=1S/C8H10N2O4S/c11-15(12,13)10-9-7-3-1-2-6-4-5-14-8(6)7/h1-3,9-10H,4-5H2,(H,11,12,13). The fourth-order valence-electron chi connectivity index (χ4n) is 1.43. The number of hydrazine groups is 1. The van der Waals surface area contributed by atoms with Crippen molar-refractivity contribution in [2.45, 2.75) is 6.42 Å². The predicted octanol–water partition coefficient (Wildman–Crippen LogP) is 0.341. The molecule has 1 aromatic carbocycles. The number of hydrogen-bond donors (Lipinski definition) is 3. The average Bonchev–Trinajstić information content (AvgIpc) is 2.61. The van der Waals surface area contributed by atoms with Crippen LogP contribution in [-0.2, 0) is 16.7 Å². The summed E-state index contributed by atoms with van der Waals surface area (Å²) >= 11 is 0. The summed E-state index contributed by atoms with van der Waals surface area (Å²) < 4.78 is 34.7. The first-order chi connectivity index (χ1) is 7.06. The van der Waals surface area contributed by atoms with Gasteiger partial charge in [0.25, 0.3) is 0 Å². The molecule has 15 heavy (non-hydrogen) atoms. The lowest BCUT2D eigenvalue weighted by atomic mass is 10.1. The van der Waals surface area contributed by atoms with E-state index in [0.717, 1.165) is 12.0 Å². The molecule has 0 spiro atoms. The number of rotatable bonds is 3. The molecule has 0 unspecified atom stereocenters. The highest BCUT2D eigenvalue weighted by atomic mass is 32.2. The Kier molecular flexibility index (Phi) is 2.51. The third-order valence-electron chi connectivity index (χ3n) is 2.03. The molecule has 2 rings (SSSR count). The second-order valence-electron chi connectivity index (χ2n) is 3.09. The van der Waals surface area contributed by atoms with Gasteiger partial charge in [0.15, 0.2) is 0 Å². The highest BCUT2D eigenvalue weighted by Crippen LogP contribution is 2.32. The van der Waals surface area contributed by atoms with Crippen molar-refractivity contribution in [1.29, 1.82) is 0 Å². The van der Waals surface area contributed by atoms with Gasteiger partial charge in [0, 0.05) is 6.42 Å². The molecule has 0 aliphatic carbocycles. The number of ether oxygens (including phenoxy) is 1. The van der Waals surface area contributed by atoms with Crippen molar-refractivity contribution in [2.24, 2.45) is 0 Å². The minimum absolute atomic E-state index is 0.489. The SMILES string of the molecule is O=S(=O)(O)NNc1cccc2c1OCC2. The Labute approximate surface area is 87.1 Å². The predicted molar refractivity (Wildman–Crippen MR) is 53.9 cm³/mol. The van der Waals surface area contributed by atoms with Crippen molar-refractivity contribution >= 4 is 16.0 Å². The number of benzene rings is 1. The lowest BCUT2D eigenvalue weighted by molar-refractivity contribution is 0.358. The van der Waals surface area contributed by atoms with Crippen LogP contribution in [0.5, 0.6) is 5.75 Å². The molecule has 0 bridgehead atoms. The van der Waals surface area contributed by atoms with Crippen LogP contribution in [0.3, 0.4) is 0 Å². The summed E-state index contributed by atoms with van der Waals surface area (Å²) in [5, 5.41) is 0. The number of para-hydroxylation sites is 1. The topological polar surface area (TPSA) is 87.7 Å². The van der Waals surface area contributed by atoms with Gasteiger partial charge in [-0.2, -0.15) is 8.42 Å². The molecule has 82 valence electrons. The second-order valence-corrected chi connectivity index (χ2v) is 4.25. The van der Waals surface area contributed by atoms with E-state index < -0.39 is 10.3 Å². The summed E-state index contributed by atoms with van der Waals surface area (Å²) in [6.07, 6.45) is 0.802. The van der Waals surface area contributed by atoms with Gasteiger partial charge < -0.3 is 10.2 Å². The van der Waals surface area contributed by atoms with Crippen LogP contribution in [0.1, 0.15) is 5.56 Å². The molecule has 0 atom stereocenters. The molecule has 1 aromatic rings. The molecule has 6 nitrogen and oxygen atoms in total. The van der Waals surface area contributed by atoms with Crippen LogP contribution in [0.4, 0.5) is 5.69 Å². The van der Waals surface area contributed by atoms with E-state index in [0.29, 0.717) is 18.0 Å². The summed E-state index contributed by atoms with van der Waals surface area (Å²) in [4.78, 5) is 1.77. The van der Waals surface area contributed by atoms with Gasteiger partial charge in [-0.3, -0.25) is 4.55 Å². The maximum Gasteiger partial charge on any atom is 0.350 e. The molecule has 3 N–H and O–H groups in total. The molecule has 0 amide bonds. The van der Waals surface area contributed by atoms with Crippen LogP contribution < -0.4 is 15.0 Å². The minimum atomic E-state index is -4.26. The fraction of sp³-hybridized carbons (Fsp3) is 0.250. The molecule has 0 saturated heterocycles. The molecular weight excluding hydrogens is 220 g/mol. The van der Waals surface area contributed by atoms with Gasteiger partial charge in [-0.15, -0.1) is 4.83 Å². The van der Waals surface area contributed by atoms with Gasteiger partial charge in [-0.25, -0.2) is 0 Å². The molecule has 0 fully saturated rings. The zero-order chi connectivity index (χ0) is 10.9. The highest BCUT2D eigenvalue weighted by Gasteiger charge is 2.16. The Morgan fingerprint density at radius 3 is 2.93 bits per heavy atom. The quantitative estimate of drug-likeness (QED) is 0.515. The van der Waals surface area contributed by atoms with Crippen LogP contribution in [-0.4, -0.2) is 19.6 Å². The monoisotopic (exact) mass is 230 g/mol. The Balaban J connectivity index is 2.19. The molecule has 1 aliphatic heterocycles. The number of anilines is 1. The smallest absolute Gasteiger partial charge is 0.350 e. The summed E-state index contributed by atoms with van der Waals surface area (Å²) in [5.74, 6) is 0.619. The summed E-state index contributed by atoms with van der Waals surface area (Å²) in [7, 11) is -4.26. The Morgan fingerprint density at radius 2 is 2.20 bits per heavy atom. The van der Waals surface area contributed by atoms with Crippen molar-refractivity contribution in [3.05, 3.63) is 23.8 Å². The van der Waals surface area contributed by atoms with Gasteiger partial charge in [0.2, 0.25) is 0 Å². The molecule has 1 aliphatic rings. The molecule has 1 heterocycles. The summed E-state index contributed by atoms with van der Waals surface area (Å²) in [5.41, 5.74) is 3.87. The van der Waals surface area contributed by atoms with Crippen molar-refractivity contribution < 1.29 is 17.7 Å². The van der Waals surface area contributed by atoms with E-state index in [1.807, 2.05) is 6.07 Å². The van der Waals surface area contributed by atoms with Crippen molar-refractivity contribution in [3.8, 4) is 5.75 Å². The Bertz CT molecular complexity index is 472. The number of nitrogens with one attached hydrogen (secondary N) is 2. The lowest BCUT2D eigenvalue weighted by Gasteiger charge is -2.09. The van der Waals surface area contributed by atoms with Crippen LogP contribution in [0.2, 0.25) is 0 Å². The molecule has 0 saturated carbocycles. The van der Waals surface area contributed by atoms with Crippen molar-refractivity contribution in [1.82, 2.24) is 4.83 Å². The maximum absolute atomic E-state index is 10.4. The molecule has 0 aromatic heterocycles. The van der Waals surface area contributed by atoms with Crippen LogP contribution in [0, 0.1) is 0 Å². The fourth-order valence-corrected chi connectivity index (χ4v) is 1.67. The first kappa shape index (κ1) is 10.2. The van der Waals surface area contributed by atoms with E-state index in [1.165, 1.54) is 0 Å².